The maximum atomic E-state index is 6.20. The molecule has 104 valence electrons. The summed E-state index contributed by atoms with van der Waals surface area (Å²) in [5.74, 6) is 1.52. The van der Waals surface area contributed by atoms with E-state index in [2.05, 4.69) is 35.6 Å². The minimum atomic E-state index is 0.304. The zero-order chi connectivity index (χ0) is 13.6. The largest absolute Gasteiger partial charge is 0.490 e. The first-order valence-electron chi connectivity index (χ1n) is 7.38. The van der Waals surface area contributed by atoms with E-state index in [-0.39, 0.29) is 0 Å². The monoisotopic (exact) mass is 267 g/mol. The van der Waals surface area contributed by atoms with E-state index in [0.29, 0.717) is 12.0 Å². The molecule has 1 heterocycles. The molecule has 1 aliphatic heterocycles. The van der Waals surface area contributed by atoms with Crippen LogP contribution in [-0.4, -0.2) is 19.2 Å². The van der Waals surface area contributed by atoms with Crippen molar-refractivity contribution in [1.82, 2.24) is 5.32 Å². The summed E-state index contributed by atoms with van der Waals surface area (Å²) in [5.41, 5.74) is 1.39. The minimum absolute atomic E-state index is 0.304. The number of benzene rings is 2. The molecular formula is C18H21NO. The number of nitrogens with one attached hydrogen (secondary N) is 1. The van der Waals surface area contributed by atoms with Crippen molar-refractivity contribution in [1.29, 1.82) is 0 Å². The molecule has 0 saturated carbocycles. The molecule has 2 heteroatoms. The molecule has 2 aromatic rings. The van der Waals surface area contributed by atoms with Gasteiger partial charge in [0.25, 0.3) is 0 Å². The van der Waals surface area contributed by atoms with Crippen LogP contribution in [0, 0.1) is 5.92 Å². The number of hydrogen-bond donors (Lipinski definition) is 1. The Morgan fingerprint density at radius 2 is 1.65 bits per heavy atom. The molecule has 0 aliphatic carbocycles. The number of para-hydroxylation sites is 1. The van der Waals surface area contributed by atoms with Gasteiger partial charge in [-0.05, 0) is 37.1 Å². The molecule has 2 aromatic carbocycles. The highest BCUT2D eigenvalue weighted by Crippen LogP contribution is 2.23. The van der Waals surface area contributed by atoms with E-state index in [1.807, 2.05) is 30.3 Å². The molecule has 0 aromatic heterocycles. The third kappa shape index (κ3) is 3.40. The van der Waals surface area contributed by atoms with Gasteiger partial charge in [0.1, 0.15) is 11.9 Å². The summed E-state index contributed by atoms with van der Waals surface area (Å²) in [5, 5.41) is 3.49. The lowest BCUT2D eigenvalue weighted by Gasteiger charge is -2.32. The molecule has 1 aliphatic rings. The fourth-order valence-corrected chi connectivity index (χ4v) is 2.85. The summed E-state index contributed by atoms with van der Waals surface area (Å²) < 4.78 is 6.20. The Morgan fingerprint density at radius 1 is 0.950 bits per heavy atom. The molecule has 3 rings (SSSR count). The molecule has 2 unspecified atom stereocenters. The molecule has 20 heavy (non-hydrogen) atoms. The van der Waals surface area contributed by atoms with Gasteiger partial charge in [0, 0.05) is 12.5 Å². The second-order valence-electron chi connectivity index (χ2n) is 5.41. The lowest BCUT2D eigenvalue weighted by atomic mass is 9.89. The highest BCUT2D eigenvalue weighted by molar-refractivity contribution is 5.22. The van der Waals surface area contributed by atoms with Crippen molar-refractivity contribution in [3.63, 3.8) is 0 Å². The standard InChI is InChI=1S/C18H21NO/c1-3-7-15(8-4-1)13-16-14-19-12-11-18(16)20-17-9-5-2-6-10-17/h1-10,16,18-19H,11-14H2. The molecule has 0 radical (unpaired) electrons. The summed E-state index contributed by atoms with van der Waals surface area (Å²) in [6.45, 7) is 2.08. The zero-order valence-corrected chi connectivity index (χ0v) is 11.7. The third-order valence-electron chi connectivity index (χ3n) is 3.91. The van der Waals surface area contributed by atoms with E-state index in [1.165, 1.54) is 5.56 Å². The second kappa shape index (κ2) is 6.58. The first-order chi connectivity index (χ1) is 9.92. The molecular weight excluding hydrogens is 246 g/mol. The van der Waals surface area contributed by atoms with Crippen LogP contribution in [0.15, 0.2) is 60.7 Å². The quantitative estimate of drug-likeness (QED) is 0.918. The molecule has 1 saturated heterocycles. The normalized spacial score (nSPS) is 22.4. The minimum Gasteiger partial charge on any atom is -0.490 e. The van der Waals surface area contributed by atoms with Crippen molar-refractivity contribution < 1.29 is 4.74 Å². The summed E-state index contributed by atoms with van der Waals surface area (Å²) in [6, 6.07) is 20.9. The van der Waals surface area contributed by atoms with Crippen LogP contribution in [0.4, 0.5) is 0 Å². The Kier molecular flexibility index (Phi) is 4.34. The average molecular weight is 267 g/mol. The predicted octanol–water partition coefficient (Wildman–Crippen LogP) is 3.29. The topological polar surface area (TPSA) is 21.3 Å². The van der Waals surface area contributed by atoms with E-state index >= 15 is 0 Å². The molecule has 2 atom stereocenters. The highest BCUT2D eigenvalue weighted by Gasteiger charge is 2.26. The van der Waals surface area contributed by atoms with Crippen molar-refractivity contribution in [3.05, 3.63) is 66.2 Å². The number of rotatable bonds is 4. The van der Waals surface area contributed by atoms with Gasteiger partial charge in [-0.15, -0.1) is 0 Å². The molecule has 0 amide bonds. The fraction of sp³-hybridized carbons (Fsp3) is 0.333. The van der Waals surface area contributed by atoms with Crippen molar-refractivity contribution in [2.45, 2.75) is 18.9 Å². The Balaban J connectivity index is 1.68. The van der Waals surface area contributed by atoms with Crippen LogP contribution in [0.2, 0.25) is 0 Å². The Morgan fingerprint density at radius 3 is 2.40 bits per heavy atom. The average Bonchev–Trinajstić information content (AvgIpc) is 2.51. The Hall–Kier alpha value is -1.80. The number of piperidine rings is 1. The van der Waals surface area contributed by atoms with Gasteiger partial charge in [-0.25, -0.2) is 0 Å². The van der Waals surface area contributed by atoms with E-state index < -0.39 is 0 Å². The van der Waals surface area contributed by atoms with E-state index in [1.54, 1.807) is 0 Å². The Bertz CT molecular complexity index is 462. The molecule has 2 nitrogen and oxygen atoms in total. The summed E-state index contributed by atoms with van der Waals surface area (Å²) in [6.07, 6.45) is 2.46. The van der Waals surface area contributed by atoms with Crippen molar-refractivity contribution in [3.8, 4) is 5.75 Å². The van der Waals surface area contributed by atoms with E-state index in [4.69, 9.17) is 4.74 Å². The van der Waals surface area contributed by atoms with Crippen molar-refractivity contribution >= 4 is 0 Å². The van der Waals surface area contributed by atoms with E-state index in [9.17, 15) is 0 Å². The predicted molar refractivity (Wildman–Crippen MR) is 82.0 cm³/mol. The van der Waals surface area contributed by atoms with Crippen LogP contribution in [0.5, 0.6) is 5.75 Å². The van der Waals surface area contributed by atoms with Crippen LogP contribution in [0.1, 0.15) is 12.0 Å². The van der Waals surface area contributed by atoms with E-state index in [0.717, 1.165) is 31.7 Å². The zero-order valence-electron chi connectivity index (χ0n) is 11.7. The van der Waals surface area contributed by atoms with Gasteiger partial charge in [-0.1, -0.05) is 48.5 Å². The van der Waals surface area contributed by atoms with Gasteiger partial charge in [0.05, 0.1) is 0 Å². The molecule has 0 bridgehead atoms. The van der Waals surface area contributed by atoms with Gasteiger partial charge in [0.15, 0.2) is 0 Å². The van der Waals surface area contributed by atoms with Crippen LogP contribution in [-0.2, 0) is 6.42 Å². The lowest BCUT2D eigenvalue weighted by Crippen LogP contribution is -2.43. The Labute approximate surface area is 120 Å². The van der Waals surface area contributed by atoms with Crippen LogP contribution in [0.3, 0.4) is 0 Å². The van der Waals surface area contributed by atoms with Gasteiger partial charge < -0.3 is 10.1 Å². The number of ether oxygens (including phenoxy) is 1. The number of hydrogen-bond acceptors (Lipinski definition) is 2. The van der Waals surface area contributed by atoms with Crippen LogP contribution in [0.25, 0.3) is 0 Å². The maximum absolute atomic E-state index is 6.20. The van der Waals surface area contributed by atoms with Gasteiger partial charge in [-0.3, -0.25) is 0 Å². The summed E-state index contributed by atoms with van der Waals surface area (Å²) >= 11 is 0. The molecule has 1 N–H and O–H groups in total. The second-order valence-corrected chi connectivity index (χ2v) is 5.41. The van der Waals surface area contributed by atoms with Crippen molar-refractivity contribution in [2.75, 3.05) is 13.1 Å². The molecule has 1 fully saturated rings. The molecule has 0 spiro atoms. The first kappa shape index (κ1) is 13.2. The smallest absolute Gasteiger partial charge is 0.119 e. The summed E-state index contributed by atoms with van der Waals surface area (Å²) in [4.78, 5) is 0. The fourth-order valence-electron chi connectivity index (χ4n) is 2.85. The first-order valence-corrected chi connectivity index (χ1v) is 7.38. The van der Waals surface area contributed by atoms with Gasteiger partial charge in [-0.2, -0.15) is 0 Å². The van der Waals surface area contributed by atoms with Gasteiger partial charge >= 0.3 is 0 Å². The van der Waals surface area contributed by atoms with Gasteiger partial charge in [0.2, 0.25) is 0 Å². The third-order valence-corrected chi connectivity index (χ3v) is 3.91. The maximum Gasteiger partial charge on any atom is 0.119 e. The lowest BCUT2D eigenvalue weighted by molar-refractivity contribution is 0.102. The van der Waals surface area contributed by atoms with Crippen LogP contribution >= 0.6 is 0 Å². The SMILES string of the molecule is c1ccc(CC2CNCCC2Oc2ccccc2)cc1. The van der Waals surface area contributed by atoms with Crippen molar-refractivity contribution in [2.24, 2.45) is 5.92 Å². The van der Waals surface area contributed by atoms with Crippen LogP contribution < -0.4 is 10.1 Å². The highest BCUT2D eigenvalue weighted by atomic mass is 16.5. The summed E-state index contributed by atoms with van der Waals surface area (Å²) in [7, 11) is 0.